The van der Waals surface area contributed by atoms with E-state index in [1.165, 1.54) is 13.3 Å². The Morgan fingerprint density at radius 2 is 2.04 bits per heavy atom. The SMILES string of the molecule is COc1ncc(-c2cncc(COC(=O)NC(C)(C)C)n2)cc1N. The van der Waals surface area contributed by atoms with Gasteiger partial charge in [-0.25, -0.2) is 14.8 Å². The third kappa shape index (κ3) is 4.80. The molecule has 0 radical (unpaired) electrons. The lowest BCUT2D eigenvalue weighted by Crippen LogP contribution is -2.40. The summed E-state index contributed by atoms with van der Waals surface area (Å²) in [7, 11) is 1.50. The third-order valence-electron chi connectivity index (χ3n) is 2.88. The van der Waals surface area contributed by atoms with Crippen molar-refractivity contribution in [2.75, 3.05) is 12.8 Å². The fraction of sp³-hybridized carbons (Fsp3) is 0.375. The Hall–Kier alpha value is -2.90. The number of ether oxygens (including phenoxy) is 2. The van der Waals surface area contributed by atoms with Crippen molar-refractivity contribution in [3.05, 3.63) is 30.4 Å². The molecule has 24 heavy (non-hydrogen) atoms. The van der Waals surface area contributed by atoms with Crippen LogP contribution in [0.5, 0.6) is 5.88 Å². The van der Waals surface area contributed by atoms with Gasteiger partial charge in [-0.1, -0.05) is 0 Å². The van der Waals surface area contributed by atoms with Gasteiger partial charge < -0.3 is 20.5 Å². The molecule has 0 unspecified atom stereocenters. The maximum atomic E-state index is 11.7. The number of hydrogen-bond donors (Lipinski definition) is 2. The summed E-state index contributed by atoms with van der Waals surface area (Å²) in [4.78, 5) is 24.3. The maximum Gasteiger partial charge on any atom is 0.407 e. The van der Waals surface area contributed by atoms with Crippen LogP contribution in [0.3, 0.4) is 0 Å². The largest absolute Gasteiger partial charge is 0.480 e. The minimum atomic E-state index is -0.509. The Morgan fingerprint density at radius 1 is 1.29 bits per heavy atom. The van der Waals surface area contributed by atoms with E-state index < -0.39 is 6.09 Å². The quantitative estimate of drug-likeness (QED) is 0.882. The molecule has 8 heteroatoms. The van der Waals surface area contributed by atoms with Gasteiger partial charge in [0, 0.05) is 17.3 Å². The molecule has 8 nitrogen and oxygen atoms in total. The van der Waals surface area contributed by atoms with E-state index in [4.69, 9.17) is 15.2 Å². The predicted octanol–water partition coefficient (Wildman–Crippen LogP) is 2.15. The van der Waals surface area contributed by atoms with Gasteiger partial charge in [-0.2, -0.15) is 0 Å². The molecule has 128 valence electrons. The van der Waals surface area contributed by atoms with E-state index in [1.807, 2.05) is 20.8 Å². The number of methoxy groups -OCH3 is 1. The van der Waals surface area contributed by atoms with Crippen molar-refractivity contribution in [3.63, 3.8) is 0 Å². The van der Waals surface area contributed by atoms with Gasteiger partial charge in [0.2, 0.25) is 5.88 Å². The first kappa shape index (κ1) is 17.5. The predicted molar refractivity (Wildman–Crippen MR) is 89.3 cm³/mol. The Kier molecular flexibility index (Phi) is 5.18. The maximum absolute atomic E-state index is 11.7. The molecule has 2 aromatic rings. The number of nitrogens with two attached hydrogens (primary N) is 1. The zero-order valence-corrected chi connectivity index (χ0v) is 14.2. The number of pyridine rings is 1. The first-order valence-electron chi connectivity index (χ1n) is 7.34. The minimum absolute atomic E-state index is 0.0157. The summed E-state index contributed by atoms with van der Waals surface area (Å²) in [6.07, 6.45) is 4.21. The van der Waals surface area contributed by atoms with Gasteiger partial charge in [0.15, 0.2) is 0 Å². The first-order valence-corrected chi connectivity index (χ1v) is 7.34. The third-order valence-corrected chi connectivity index (χ3v) is 2.88. The number of nitrogen functional groups attached to an aromatic ring is 1. The van der Waals surface area contributed by atoms with Crippen molar-refractivity contribution < 1.29 is 14.3 Å². The van der Waals surface area contributed by atoms with E-state index in [0.29, 0.717) is 28.5 Å². The number of carbonyl (C=O) groups excluding carboxylic acids is 1. The molecule has 0 saturated carbocycles. The molecule has 0 atom stereocenters. The number of amides is 1. The molecule has 1 amide bonds. The van der Waals surface area contributed by atoms with E-state index in [9.17, 15) is 4.79 Å². The number of anilines is 1. The van der Waals surface area contributed by atoms with Crippen molar-refractivity contribution in [1.82, 2.24) is 20.3 Å². The molecule has 0 fully saturated rings. The second-order valence-electron chi connectivity index (χ2n) is 6.17. The monoisotopic (exact) mass is 331 g/mol. The van der Waals surface area contributed by atoms with Gasteiger partial charge in [0.05, 0.1) is 36.6 Å². The number of nitrogens with zero attached hydrogens (tertiary/aromatic N) is 3. The number of alkyl carbamates (subject to hydrolysis) is 1. The van der Waals surface area contributed by atoms with E-state index in [1.54, 1.807) is 18.5 Å². The van der Waals surface area contributed by atoms with Crippen molar-refractivity contribution in [2.45, 2.75) is 32.9 Å². The van der Waals surface area contributed by atoms with Gasteiger partial charge in [-0.3, -0.25) is 4.98 Å². The van der Waals surface area contributed by atoms with Crippen LogP contribution in [0.25, 0.3) is 11.3 Å². The normalized spacial score (nSPS) is 11.0. The average Bonchev–Trinajstić information content (AvgIpc) is 2.51. The molecular weight excluding hydrogens is 310 g/mol. The van der Waals surface area contributed by atoms with Crippen LogP contribution in [-0.2, 0) is 11.3 Å². The second-order valence-corrected chi connectivity index (χ2v) is 6.17. The molecule has 0 saturated heterocycles. The van der Waals surface area contributed by atoms with E-state index in [0.717, 1.165) is 0 Å². The van der Waals surface area contributed by atoms with Crippen LogP contribution >= 0.6 is 0 Å². The van der Waals surface area contributed by atoms with Crippen molar-refractivity contribution >= 4 is 11.8 Å². The van der Waals surface area contributed by atoms with Crippen molar-refractivity contribution in [3.8, 4) is 17.1 Å². The molecule has 0 aliphatic heterocycles. The van der Waals surface area contributed by atoms with Crippen LogP contribution in [0.15, 0.2) is 24.7 Å². The summed E-state index contributed by atoms with van der Waals surface area (Å²) in [5, 5.41) is 2.71. The molecule has 0 aromatic carbocycles. The van der Waals surface area contributed by atoms with Crippen LogP contribution in [0, 0.1) is 0 Å². The summed E-state index contributed by atoms with van der Waals surface area (Å²) >= 11 is 0. The number of nitrogens with one attached hydrogen (secondary N) is 1. The standard InChI is InChI=1S/C16H21N5O3/c1-16(2,3)21-15(22)24-9-11-7-18-8-13(20-11)10-5-12(17)14(23-4)19-6-10/h5-8H,9,17H2,1-4H3,(H,21,22). The van der Waals surface area contributed by atoms with Gasteiger partial charge >= 0.3 is 6.09 Å². The number of hydrogen-bond acceptors (Lipinski definition) is 7. The van der Waals surface area contributed by atoms with E-state index >= 15 is 0 Å². The fourth-order valence-electron chi connectivity index (χ4n) is 1.88. The highest BCUT2D eigenvalue weighted by atomic mass is 16.5. The molecular formula is C16H21N5O3. The summed E-state index contributed by atoms with van der Waals surface area (Å²) in [5.41, 5.74) is 7.69. The summed E-state index contributed by atoms with van der Waals surface area (Å²) in [6.45, 7) is 5.63. The molecule has 3 N–H and O–H groups in total. The van der Waals surface area contributed by atoms with Gasteiger partial charge in [-0.05, 0) is 26.8 Å². The highest BCUT2D eigenvalue weighted by molar-refractivity contribution is 5.68. The summed E-state index contributed by atoms with van der Waals surface area (Å²) in [6, 6.07) is 1.70. The molecule has 0 aliphatic carbocycles. The Labute approximate surface area is 140 Å². The Morgan fingerprint density at radius 3 is 2.67 bits per heavy atom. The highest BCUT2D eigenvalue weighted by Crippen LogP contribution is 2.24. The topological polar surface area (TPSA) is 112 Å². The zero-order valence-electron chi connectivity index (χ0n) is 14.2. The van der Waals surface area contributed by atoms with Gasteiger partial charge in [0.1, 0.15) is 6.61 Å². The minimum Gasteiger partial charge on any atom is -0.480 e. The summed E-state index contributed by atoms with van der Waals surface area (Å²) < 4.78 is 10.2. The Balaban J connectivity index is 2.09. The van der Waals surface area contributed by atoms with Crippen LogP contribution < -0.4 is 15.8 Å². The summed E-state index contributed by atoms with van der Waals surface area (Å²) in [5.74, 6) is 0.352. The molecule has 2 aromatic heterocycles. The number of rotatable bonds is 4. The van der Waals surface area contributed by atoms with E-state index in [2.05, 4.69) is 20.3 Å². The van der Waals surface area contributed by atoms with Crippen LogP contribution in [0.2, 0.25) is 0 Å². The van der Waals surface area contributed by atoms with Crippen molar-refractivity contribution in [1.29, 1.82) is 0 Å². The van der Waals surface area contributed by atoms with Crippen LogP contribution in [-0.4, -0.2) is 33.7 Å². The average molecular weight is 331 g/mol. The van der Waals surface area contributed by atoms with E-state index in [-0.39, 0.29) is 12.1 Å². The smallest absolute Gasteiger partial charge is 0.407 e. The fourth-order valence-corrected chi connectivity index (χ4v) is 1.88. The van der Waals surface area contributed by atoms with Crippen molar-refractivity contribution in [2.24, 2.45) is 0 Å². The van der Waals surface area contributed by atoms with Crippen LogP contribution in [0.1, 0.15) is 26.5 Å². The molecule has 2 rings (SSSR count). The lowest BCUT2D eigenvalue weighted by molar-refractivity contribution is 0.130. The number of aromatic nitrogens is 3. The van der Waals surface area contributed by atoms with Gasteiger partial charge in [0.25, 0.3) is 0 Å². The second kappa shape index (κ2) is 7.12. The zero-order chi connectivity index (χ0) is 17.7. The molecule has 0 bridgehead atoms. The number of carbonyl (C=O) groups is 1. The Bertz CT molecular complexity index is 728. The molecule has 2 heterocycles. The molecule has 0 spiro atoms. The highest BCUT2D eigenvalue weighted by Gasteiger charge is 2.15. The lowest BCUT2D eigenvalue weighted by atomic mass is 10.1. The van der Waals surface area contributed by atoms with Crippen LogP contribution in [0.4, 0.5) is 10.5 Å². The lowest BCUT2D eigenvalue weighted by Gasteiger charge is -2.19. The first-order chi connectivity index (χ1) is 11.3. The molecule has 0 aliphatic rings. The van der Waals surface area contributed by atoms with Gasteiger partial charge in [-0.15, -0.1) is 0 Å².